The summed E-state index contributed by atoms with van der Waals surface area (Å²) in [5.41, 5.74) is 1.04. The quantitative estimate of drug-likeness (QED) is 0.870. The maximum absolute atomic E-state index is 11.0. The van der Waals surface area contributed by atoms with Crippen LogP contribution in [0.1, 0.15) is 0 Å². The Morgan fingerprint density at radius 1 is 1.33 bits per heavy atom. The van der Waals surface area contributed by atoms with Crippen LogP contribution in [0.2, 0.25) is 0 Å². The van der Waals surface area contributed by atoms with Crippen LogP contribution in [-0.4, -0.2) is 53.5 Å². The lowest BCUT2D eigenvalue weighted by molar-refractivity contribution is 0.0910. The largest absolute Gasteiger partial charge is 0.465 e. The summed E-state index contributed by atoms with van der Waals surface area (Å²) in [4.78, 5) is 14.4. The van der Waals surface area contributed by atoms with Gasteiger partial charge in [0.2, 0.25) is 0 Å². The van der Waals surface area contributed by atoms with Gasteiger partial charge in [0.1, 0.15) is 0 Å². The van der Waals surface area contributed by atoms with Crippen molar-refractivity contribution < 1.29 is 15.0 Å². The highest BCUT2D eigenvalue weighted by Gasteiger charge is 2.29. The summed E-state index contributed by atoms with van der Waals surface area (Å²) in [6.07, 6.45) is -0.968. The fraction of sp³-hybridized carbons (Fsp3) is 0.417. The fourth-order valence-electron chi connectivity index (χ4n) is 2.15. The molecule has 0 saturated carbocycles. The average Bonchev–Trinajstić information content (AvgIpc) is 2.38. The van der Waals surface area contributed by atoms with Crippen LogP contribution in [0.15, 0.2) is 28.7 Å². The van der Waals surface area contributed by atoms with Gasteiger partial charge in [-0.15, -0.1) is 0 Å². The van der Waals surface area contributed by atoms with E-state index >= 15 is 0 Å². The maximum Gasteiger partial charge on any atom is 0.407 e. The predicted octanol–water partition coefficient (Wildman–Crippen LogP) is 1.61. The Kier molecular flexibility index (Phi) is 4.08. The van der Waals surface area contributed by atoms with Gasteiger partial charge in [-0.05, 0) is 24.3 Å². The summed E-state index contributed by atoms with van der Waals surface area (Å²) in [6.45, 7) is 1.42. The molecule has 1 fully saturated rings. The molecule has 0 spiro atoms. The van der Waals surface area contributed by atoms with Crippen LogP contribution in [0, 0.1) is 0 Å². The van der Waals surface area contributed by atoms with Crippen molar-refractivity contribution in [1.29, 1.82) is 0 Å². The number of aliphatic hydroxyl groups excluding tert-OH is 1. The van der Waals surface area contributed by atoms with E-state index in [0.29, 0.717) is 19.6 Å². The molecule has 0 radical (unpaired) electrons. The molecule has 1 aliphatic heterocycles. The van der Waals surface area contributed by atoms with E-state index < -0.39 is 6.09 Å². The molecule has 5 nitrogen and oxygen atoms in total. The molecule has 1 aliphatic rings. The molecule has 1 aromatic rings. The molecule has 6 heteroatoms. The first-order valence-electron chi connectivity index (χ1n) is 5.72. The lowest BCUT2D eigenvalue weighted by Crippen LogP contribution is -2.56. The van der Waals surface area contributed by atoms with Crippen molar-refractivity contribution in [3.05, 3.63) is 28.7 Å². The second-order valence-electron chi connectivity index (χ2n) is 4.23. The van der Waals surface area contributed by atoms with E-state index in [2.05, 4.69) is 20.8 Å². The van der Waals surface area contributed by atoms with Crippen LogP contribution >= 0.6 is 15.9 Å². The molecule has 1 aromatic carbocycles. The van der Waals surface area contributed by atoms with Crippen molar-refractivity contribution >= 4 is 27.7 Å². The molecule has 1 atom stereocenters. The Bertz CT molecular complexity index is 424. The number of piperazine rings is 1. The van der Waals surface area contributed by atoms with Gasteiger partial charge in [0.15, 0.2) is 0 Å². The SMILES string of the molecule is O=C(O)N1CCN(c2ccc(Br)cc2)CC1CO. The zero-order chi connectivity index (χ0) is 13.1. The molecule has 0 bridgehead atoms. The number of benzene rings is 1. The Balaban J connectivity index is 2.09. The standard InChI is InChI=1S/C12H15BrN2O3/c13-9-1-3-10(4-2-9)14-5-6-15(12(17)18)11(7-14)8-16/h1-4,11,16H,5-8H2,(H,17,18). The number of anilines is 1. The minimum atomic E-state index is -0.968. The number of aliphatic hydroxyl groups is 1. The van der Waals surface area contributed by atoms with E-state index in [-0.39, 0.29) is 12.6 Å². The number of carboxylic acid groups (broad SMARTS) is 1. The maximum atomic E-state index is 11.0. The van der Waals surface area contributed by atoms with E-state index in [1.165, 1.54) is 4.90 Å². The second kappa shape index (κ2) is 5.58. The van der Waals surface area contributed by atoms with Crippen molar-refractivity contribution in [2.24, 2.45) is 0 Å². The number of carbonyl (C=O) groups is 1. The van der Waals surface area contributed by atoms with E-state index in [4.69, 9.17) is 5.11 Å². The number of nitrogens with zero attached hydrogens (tertiary/aromatic N) is 2. The molecule has 98 valence electrons. The molecule has 2 N–H and O–H groups in total. The number of rotatable bonds is 2. The number of hydrogen-bond acceptors (Lipinski definition) is 3. The minimum Gasteiger partial charge on any atom is -0.465 e. The van der Waals surface area contributed by atoms with Gasteiger partial charge >= 0.3 is 6.09 Å². The van der Waals surface area contributed by atoms with Crippen molar-refractivity contribution in [1.82, 2.24) is 4.90 Å². The zero-order valence-electron chi connectivity index (χ0n) is 9.79. The van der Waals surface area contributed by atoms with Crippen molar-refractivity contribution in [2.75, 3.05) is 31.1 Å². The summed E-state index contributed by atoms with van der Waals surface area (Å²) in [5, 5.41) is 18.3. The van der Waals surface area contributed by atoms with Crippen molar-refractivity contribution in [2.45, 2.75) is 6.04 Å². The molecular weight excluding hydrogens is 300 g/mol. The van der Waals surface area contributed by atoms with Crippen LogP contribution in [0.3, 0.4) is 0 Å². The van der Waals surface area contributed by atoms with E-state index in [0.717, 1.165) is 10.2 Å². The summed E-state index contributed by atoms with van der Waals surface area (Å²) in [6, 6.07) is 7.50. The smallest absolute Gasteiger partial charge is 0.407 e. The van der Waals surface area contributed by atoms with Crippen molar-refractivity contribution in [3.63, 3.8) is 0 Å². The second-order valence-corrected chi connectivity index (χ2v) is 5.15. The van der Waals surface area contributed by atoms with Gasteiger partial charge in [0.05, 0.1) is 12.6 Å². The average molecular weight is 315 g/mol. The molecule has 1 saturated heterocycles. The Hall–Kier alpha value is -1.27. The van der Waals surface area contributed by atoms with E-state index in [1.54, 1.807) is 0 Å². The first-order chi connectivity index (χ1) is 8.61. The zero-order valence-corrected chi connectivity index (χ0v) is 11.4. The van der Waals surface area contributed by atoms with Crippen LogP contribution in [0.4, 0.5) is 10.5 Å². The van der Waals surface area contributed by atoms with Crippen LogP contribution in [0.5, 0.6) is 0 Å². The highest BCUT2D eigenvalue weighted by atomic mass is 79.9. The molecule has 0 aliphatic carbocycles. The van der Waals surface area contributed by atoms with Gasteiger partial charge in [-0.3, -0.25) is 4.90 Å². The molecular formula is C12H15BrN2O3. The van der Waals surface area contributed by atoms with Crippen molar-refractivity contribution in [3.8, 4) is 0 Å². The molecule has 1 unspecified atom stereocenters. The highest BCUT2D eigenvalue weighted by molar-refractivity contribution is 9.10. The number of amides is 1. The normalized spacial score (nSPS) is 20.0. The first-order valence-corrected chi connectivity index (χ1v) is 6.52. The minimum absolute atomic E-state index is 0.153. The molecule has 0 aromatic heterocycles. The van der Waals surface area contributed by atoms with E-state index in [9.17, 15) is 9.90 Å². The highest BCUT2D eigenvalue weighted by Crippen LogP contribution is 2.21. The van der Waals surface area contributed by atoms with Crippen LogP contribution < -0.4 is 4.90 Å². The lowest BCUT2D eigenvalue weighted by atomic mass is 10.1. The third-order valence-electron chi connectivity index (χ3n) is 3.13. The molecule has 1 amide bonds. The first kappa shape index (κ1) is 13.2. The summed E-state index contributed by atoms with van der Waals surface area (Å²) in [5.74, 6) is 0. The van der Waals surface area contributed by atoms with Gasteiger partial charge in [-0.1, -0.05) is 15.9 Å². The molecule has 2 rings (SSSR count). The van der Waals surface area contributed by atoms with Gasteiger partial charge in [0, 0.05) is 29.8 Å². The van der Waals surface area contributed by atoms with Crippen LogP contribution in [0.25, 0.3) is 0 Å². The Labute approximate surface area is 114 Å². The van der Waals surface area contributed by atoms with Gasteiger partial charge in [-0.25, -0.2) is 4.79 Å². The van der Waals surface area contributed by atoms with Gasteiger partial charge in [0.25, 0.3) is 0 Å². The third kappa shape index (κ3) is 2.76. The topological polar surface area (TPSA) is 64.0 Å². The predicted molar refractivity (Wildman–Crippen MR) is 72.0 cm³/mol. The molecule has 18 heavy (non-hydrogen) atoms. The number of halogens is 1. The van der Waals surface area contributed by atoms with Crippen LogP contribution in [-0.2, 0) is 0 Å². The summed E-state index contributed by atoms with van der Waals surface area (Å²) in [7, 11) is 0. The summed E-state index contributed by atoms with van der Waals surface area (Å²) >= 11 is 3.38. The number of hydrogen-bond donors (Lipinski definition) is 2. The Morgan fingerprint density at radius 2 is 2.00 bits per heavy atom. The Morgan fingerprint density at radius 3 is 2.56 bits per heavy atom. The van der Waals surface area contributed by atoms with Gasteiger partial charge < -0.3 is 15.1 Å². The third-order valence-corrected chi connectivity index (χ3v) is 3.66. The lowest BCUT2D eigenvalue weighted by Gasteiger charge is -2.40. The fourth-order valence-corrected chi connectivity index (χ4v) is 2.41. The van der Waals surface area contributed by atoms with E-state index in [1.807, 2.05) is 24.3 Å². The molecule has 1 heterocycles. The van der Waals surface area contributed by atoms with Gasteiger partial charge in [-0.2, -0.15) is 0 Å². The monoisotopic (exact) mass is 314 g/mol. The summed E-state index contributed by atoms with van der Waals surface area (Å²) < 4.78 is 1.01.